The van der Waals surface area contributed by atoms with Crippen molar-refractivity contribution in [2.75, 3.05) is 14.2 Å². The molecule has 0 aliphatic heterocycles. The number of aliphatic imine (C=N–C) groups is 1. The zero-order chi connectivity index (χ0) is 15.1. The quantitative estimate of drug-likeness (QED) is 0.434. The van der Waals surface area contributed by atoms with Crippen molar-refractivity contribution in [3.05, 3.63) is 45.9 Å². The van der Waals surface area contributed by atoms with Gasteiger partial charge in [-0.3, -0.25) is 4.99 Å². The molecule has 0 radical (unpaired) electrons. The predicted octanol–water partition coefficient (Wildman–Crippen LogP) is 2.94. The van der Waals surface area contributed by atoms with Gasteiger partial charge in [0, 0.05) is 24.7 Å². The lowest BCUT2D eigenvalue weighted by atomic mass is 10.2. The van der Waals surface area contributed by atoms with E-state index in [2.05, 4.69) is 20.6 Å². The zero-order valence-electron chi connectivity index (χ0n) is 12.9. The molecule has 0 bridgehead atoms. The third kappa shape index (κ3) is 5.80. The second-order valence-corrected chi connectivity index (χ2v) is 5.79. The number of methoxy groups -OCH3 is 1. The molecule has 7 heteroatoms. The van der Waals surface area contributed by atoms with Gasteiger partial charge in [0.05, 0.1) is 18.7 Å². The maximum Gasteiger partial charge on any atom is 0.191 e. The summed E-state index contributed by atoms with van der Waals surface area (Å²) >= 11 is 1.69. The number of hydrogen-bond acceptors (Lipinski definition) is 4. The number of nitrogens with one attached hydrogen (secondary N) is 2. The van der Waals surface area contributed by atoms with E-state index in [1.54, 1.807) is 25.5 Å². The van der Waals surface area contributed by atoms with Crippen LogP contribution in [0, 0.1) is 6.92 Å². The highest BCUT2D eigenvalue weighted by Gasteiger charge is 2.01. The van der Waals surface area contributed by atoms with Crippen LogP contribution in [-0.4, -0.2) is 25.1 Å². The van der Waals surface area contributed by atoms with Crippen molar-refractivity contribution in [2.24, 2.45) is 4.99 Å². The number of thiazole rings is 1. The number of rotatable bonds is 5. The van der Waals surface area contributed by atoms with Crippen LogP contribution in [0.4, 0.5) is 0 Å². The summed E-state index contributed by atoms with van der Waals surface area (Å²) in [5, 5.41) is 7.64. The molecule has 0 unspecified atom stereocenters. The van der Waals surface area contributed by atoms with Gasteiger partial charge in [0.2, 0.25) is 0 Å². The Bertz CT molecular complexity index is 598. The van der Waals surface area contributed by atoms with Crippen molar-refractivity contribution in [1.82, 2.24) is 15.6 Å². The van der Waals surface area contributed by atoms with Crippen molar-refractivity contribution in [3.8, 4) is 5.75 Å². The van der Waals surface area contributed by atoms with Crippen LogP contribution >= 0.6 is 35.3 Å². The molecule has 22 heavy (non-hydrogen) atoms. The maximum atomic E-state index is 5.14. The lowest BCUT2D eigenvalue weighted by molar-refractivity contribution is 0.414. The molecule has 0 fully saturated rings. The highest BCUT2D eigenvalue weighted by molar-refractivity contribution is 14.0. The fourth-order valence-corrected chi connectivity index (χ4v) is 2.54. The topological polar surface area (TPSA) is 58.5 Å². The van der Waals surface area contributed by atoms with E-state index in [1.165, 1.54) is 10.4 Å². The number of nitrogens with zero attached hydrogens (tertiary/aromatic N) is 2. The van der Waals surface area contributed by atoms with E-state index in [9.17, 15) is 0 Å². The Morgan fingerprint density at radius 2 is 1.91 bits per heavy atom. The molecular formula is C15H21IN4OS. The number of aromatic nitrogens is 1. The Morgan fingerprint density at radius 1 is 1.23 bits per heavy atom. The van der Waals surface area contributed by atoms with Crippen LogP contribution in [0.25, 0.3) is 0 Å². The summed E-state index contributed by atoms with van der Waals surface area (Å²) in [6, 6.07) is 7.97. The van der Waals surface area contributed by atoms with Crippen LogP contribution in [0.3, 0.4) is 0 Å². The van der Waals surface area contributed by atoms with Crippen molar-refractivity contribution >= 4 is 41.3 Å². The van der Waals surface area contributed by atoms with Gasteiger partial charge in [-0.15, -0.1) is 35.3 Å². The molecule has 0 amide bonds. The average Bonchev–Trinajstić information content (AvgIpc) is 2.93. The molecule has 0 aliphatic carbocycles. The van der Waals surface area contributed by atoms with Crippen molar-refractivity contribution in [1.29, 1.82) is 0 Å². The lowest BCUT2D eigenvalue weighted by Gasteiger charge is -2.11. The molecule has 0 spiro atoms. The van der Waals surface area contributed by atoms with Gasteiger partial charge >= 0.3 is 0 Å². The van der Waals surface area contributed by atoms with E-state index in [0.717, 1.165) is 23.3 Å². The molecular weight excluding hydrogens is 411 g/mol. The highest BCUT2D eigenvalue weighted by Crippen LogP contribution is 2.11. The van der Waals surface area contributed by atoms with Crippen LogP contribution in [-0.2, 0) is 13.1 Å². The first kappa shape index (κ1) is 18.7. The smallest absolute Gasteiger partial charge is 0.191 e. The fraction of sp³-hybridized carbons (Fsp3) is 0.333. The average molecular weight is 432 g/mol. The second kappa shape index (κ2) is 9.62. The van der Waals surface area contributed by atoms with E-state index in [0.29, 0.717) is 6.54 Å². The van der Waals surface area contributed by atoms with E-state index in [4.69, 9.17) is 4.74 Å². The van der Waals surface area contributed by atoms with Gasteiger partial charge in [0.15, 0.2) is 5.96 Å². The number of guanidine groups is 1. The number of aryl methyl sites for hydroxylation is 1. The standard InChI is InChI=1S/C15H20N4OS.HI/c1-11-17-9-14(21-11)10-19-15(16-2)18-8-12-4-6-13(20-3)7-5-12;/h4-7,9H,8,10H2,1-3H3,(H2,16,18,19);1H. The fourth-order valence-electron chi connectivity index (χ4n) is 1.81. The van der Waals surface area contributed by atoms with Crippen LogP contribution in [0.5, 0.6) is 5.75 Å². The molecule has 2 rings (SSSR count). The van der Waals surface area contributed by atoms with Crippen LogP contribution in [0.15, 0.2) is 35.5 Å². The third-order valence-corrected chi connectivity index (χ3v) is 3.85. The third-order valence-electron chi connectivity index (χ3n) is 2.94. The monoisotopic (exact) mass is 432 g/mol. The molecule has 0 saturated carbocycles. The van der Waals surface area contributed by atoms with Gasteiger partial charge in [0.1, 0.15) is 5.75 Å². The second-order valence-electron chi connectivity index (χ2n) is 4.47. The summed E-state index contributed by atoms with van der Waals surface area (Å²) in [7, 11) is 3.43. The van der Waals surface area contributed by atoms with Gasteiger partial charge < -0.3 is 15.4 Å². The van der Waals surface area contributed by atoms with Gasteiger partial charge in [0.25, 0.3) is 0 Å². The van der Waals surface area contributed by atoms with Crippen LogP contribution in [0.2, 0.25) is 0 Å². The molecule has 0 aliphatic rings. The van der Waals surface area contributed by atoms with E-state index < -0.39 is 0 Å². The molecule has 0 saturated heterocycles. The Kier molecular flexibility index (Phi) is 8.18. The molecule has 2 N–H and O–H groups in total. The van der Waals surface area contributed by atoms with Crippen molar-refractivity contribution in [2.45, 2.75) is 20.0 Å². The molecule has 2 aromatic rings. The largest absolute Gasteiger partial charge is 0.497 e. The number of benzene rings is 1. The van der Waals surface area contributed by atoms with Gasteiger partial charge in [-0.1, -0.05) is 12.1 Å². The van der Waals surface area contributed by atoms with E-state index in [-0.39, 0.29) is 24.0 Å². The Labute approximate surface area is 152 Å². The van der Waals surface area contributed by atoms with Gasteiger partial charge in [-0.2, -0.15) is 0 Å². The molecule has 1 heterocycles. The SMILES string of the molecule is CN=C(NCc1ccc(OC)cc1)NCc1cnc(C)s1.I. The first-order valence-electron chi connectivity index (χ1n) is 6.70. The Morgan fingerprint density at radius 3 is 2.45 bits per heavy atom. The van der Waals surface area contributed by atoms with E-state index in [1.807, 2.05) is 37.4 Å². The van der Waals surface area contributed by atoms with Crippen molar-refractivity contribution < 1.29 is 4.74 Å². The first-order valence-corrected chi connectivity index (χ1v) is 7.51. The molecule has 1 aromatic heterocycles. The minimum atomic E-state index is 0. The number of hydrogen-bond donors (Lipinski definition) is 2. The van der Waals surface area contributed by atoms with Gasteiger partial charge in [-0.25, -0.2) is 4.98 Å². The van der Waals surface area contributed by atoms with Gasteiger partial charge in [-0.05, 0) is 24.6 Å². The summed E-state index contributed by atoms with van der Waals surface area (Å²) < 4.78 is 5.14. The molecule has 120 valence electrons. The first-order chi connectivity index (χ1) is 10.2. The summed E-state index contributed by atoms with van der Waals surface area (Å²) in [6.45, 7) is 3.45. The summed E-state index contributed by atoms with van der Waals surface area (Å²) in [6.07, 6.45) is 1.89. The minimum absolute atomic E-state index is 0. The lowest BCUT2D eigenvalue weighted by Crippen LogP contribution is -2.36. The zero-order valence-corrected chi connectivity index (χ0v) is 16.1. The minimum Gasteiger partial charge on any atom is -0.497 e. The molecule has 0 atom stereocenters. The van der Waals surface area contributed by atoms with Crippen LogP contribution < -0.4 is 15.4 Å². The van der Waals surface area contributed by atoms with E-state index >= 15 is 0 Å². The number of ether oxygens (including phenoxy) is 1. The Hall–Kier alpha value is -1.35. The van der Waals surface area contributed by atoms with Crippen molar-refractivity contribution in [3.63, 3.8) is 0 Å². The van der Waals surface area contributed by atoms with Crippen LogP contribution in [0.1, 0.15) is 15.4 Å². The predicted molar refractivity (Wildman–Crippen MR) is 102 cm³/mol. The molecule has 1 aromatic carbocycles. The summed E-state index contributed by atoms with van der Waals surface area (Å²) in [5.74, 6) is 1.64. The maximum absolute atomic E-state index is 5.14. The normalized spacial score (nSPS) is 10.8. The summed E-state index contributed by atoms with van der Waals surface area (Å²) in [4.78, 5) is 9.64. The Balaban J connectivity index is 0.00000242. The highest BCUT2D eigenvalue weighted by atomic mass is 127. The summed E-state index contributed by atoms with van der Waals surface area (Å²) in [5.41, 5.74) is 1.17. The molecule has 5 nitrogen and oxygen atoms in total. The number of halogens is 1.